The first-order chi connectivity index (χ1) is 13.1. The highest BCUT2D eigenvalue weighted by molar-refractivity contribution is 6.30. The number of aromatic hydroxyl groups is 2. The Morgan fingerprint density at radius 2 is 1.63 bits per heavy atom. The molecule has 0 atom stereocenters. The summed E-state index contributed by atoms with van der Waals surface area (Å²) in [4.78, 5) is 25.4. The normalized spacial score (nSPS) is 12.6. The fraction of sp³-hybridized carbons (Fsp3) is 0.300. The largest absolute Gasteiger partial charge is 0.507 e. The summed E-state index contributed by atoms with van der Waals surface area (Å²) in [5.74, 6) is -1.64. The van der Waals surface area contributed by atoms with Gasteiger partial charge in [-0.3, -0.25) is 9.59 Å². The molecule has 0 amide bonds. The molecule has 0 aliphatic heterocycles. The number of phenolic OH excluding ortho intramolecular Hbond substituents is 2. The molecule has 0 radical (unpaired) electrons. The summed E-state index contributed by atoms with van der Waals surface area (Å²) in [7, 11) is 1.60. The molecule has 2 aromatic rings. The van der Waals surface area contributed by atoms with Crippen LogP contribution in [-0.4, -0.2) is 55.3 Å². The molecule has 0 heterocycles. The van der Waals surface area contributed by atoms with Crippen LogP contribution in [0.4, 0.5) is 5.69 Å². The quantitative estimate of drug-likeness (QED) is 0.317. The summed E-state index contributed by atoms with van der Waals surface area (Å²) >= 11 is 0. The first kappa shape index (κ1) is 18.9. The lowest BCUT2D eigenvalue weighted by Crippen LogP contribution is -2.21. The van der Waals surface area contributed by atoms with Crippen molar-refractivity contribution in [2.75, 3.05) is 38.8 Å². The zero-order chi connectivity index (χ0) is 19.4. The maximum absolute atomic E-state index is 12.8. The maximum atomic E-state index is 12.8. The molecule has 0 aromatic heterocycles. The summed E-state index contributed by atoms with van der Waals surface area (Å²) in [5, 5.41) is 23.8. The number of rotatable bonds is 8. The highest BCUT2D eigenvalue weighted by Crippen LogP contribution is 2.42. The van der Waals surface area contributed by atoms with Crippen molar-refractivity contribution in [2.45, 2.75) is 6.42 Å². The van der Waals surface area contributed by atoms with Crippen LogP contribution < -0.4 is 5.32 Å². The summed E-state index contributed by atoms with van der Waals surface area (Å²) < 4.78 is 10.2. The highest BCUT2D eigenvalue weighted by Gasteiger charge is 2.35. The van der Waals surface area contributed by atoms with Gasteiger partial charge >= 0.3 is 0 Å². The summed E-state index contributed by atoms with van der Waals surface area (Å²) in [5.41, 5.74) is 0.304. The number of nitrogens with one attached hydrogen (secondary N) is 1. The second-order valence-electron chi connectivity index (χ2n) is 6.13. The highest BCUT2D eigenvalue weighted by atomic mass is 16.5. The average molecular weight is 371 g/mol. The topological polar surface area (TPSA) is 105 Å². The minimum absolute atomic E-state index is 0.162. The monoisotopic (exact) mass is 371 g/mol. The van der Waals surface area contributed by atoms with Crippen LogP contribution in [-0.2, 0) is 9.47 Å². The molecule has 27 heavy (non-hydrogen) atoms. The smallest absolute Gasteiger partial charge is 0.198 e. The zero-order valence-corrected chi connectivity index (χ0v) is 14.9. The molecule has 0 saturated carbocycles. The predicted molar refractivity (Wildman–Crippen MR) is 98.9 cm³/mol. The Hall–Kier alpha value is -2.90. The van der Waals surface area contributed by atoms with E-state index in [0.29, 0.717) is 32.8 Å². The van der Waals surface area contributed by atoms with Gasteiger partial charge < -0.3 is 25.0 Å². The van der Waals surface area contributed by atoms with Gasteiger partial charge in [-0.15, -0.1) is 0 Å². The molecular weight excluding hydrogens is 350 g/mol. The number of methoxy groups -OCH3 is 1. The molecule has 142 valence electrons. The molecule has 0 saturated heterocycles. The van der Waals surface area contributed by atoms with Crippen LogP contribution in [0, 0.1) is 0 Å². The van der Waals surface area contributed by atoms with E-state index in [9.17, 15) is 19.8 Å². The van der Waals surface area contributed by atoms with Crippen molar-refractivity contribution in [3.8, 4) is 11.5 Å². The van der Waals surface area contributed by atoms with Crippen molar-refractivity contribution >= 4 is 17.3 Å². The van der Waals surface area contributed by atoms with Gasteiger partial charge in [-0.2, -0.15) is 0 Å². The number of carbonyl (C=O) groups excluding carboxylic acids is 2. The minimum Gasteiger partial charge on any atom is -0.507 e. The van der Waals surface area contributed by atoms with Gasteiger partial charge in [0.2, 0.25) is 0 Å². The van der Waals surface area contributed by atoms with E-state index in [2.05, 4.69) is 5.32 Å². The van der Waals surface area contributed by atoms with Crippen molar-refractivity contribution < 1.29 is 29.3 Å². The van der Waals surface area contributed by atoms with Crippen LogP contribution >= 0.6 is 0 Å². The van der Waals surface area contributed by atoms with Gasteiger partial charge in [0.05, 0.1) is 30.0 Å². The standard InChI is InChI=1S/C20H21NO6/c1-26-9-10-27-8-4-7-21-14-11-15(22)16-17(20(14)25)19(24)13-6-3-2-5-12(13)18(16)23/h2-3,5-6,11,21-22,25H,4,7-10H2,1H3. The van der Waals surface area contributed by atoms with E-state index in [-0.39, 0.29) is 39.4 Å². The van der Waals surface area contributed by atoms with Gasteiger partial charge in [0.15, 0.2) is 17.3 Å². The van der Waals surface area contributed by atoms with Gasteiger partial charge in [0, 0.05) is 37.5 Å². The molecule has 2 aromatic carbocycles. The van der Waals surface area contributed by atoms with E-state index in [4.69, 9.17) is 9.47 Å². The van der Waals surface area contributed by atoms with Crippen LogP contribution in [0.2, 0.25) is 0 Å². The predicted octanol–water partition coefficient (Wildman–Crippen LogP) is 2.34. The van der Waals surface area contributed by atoms with Gasteiger partial charge in [-0.05, 0) is 6.42 Å². The minimum atomic E-state index is -0.487. The molecule has 3 N–H and O–H groups in total. The Bertz CT molecular complexity index is 877. The SMILES string of the molecule is COCCOCCCNc1cc(O)c2c(c1O)C(=O)c1ccccc1C2=O. The van der Waals surface area contributed by atoms with Crippen molar-refractivity contribution in [2.24, 2.45) is 0 Å². The Kier molecular flexibility index (Phi) is 5.73. The number of phenols is 2. The molecule has 7 heteroatoms. The molecule has 0 unspecified atom stereocenters. The Morgan fingerprint density at radius 1 is 0.963 bits per heavy atom. The fourth-order valence-corrected chi connectivity index (χ4v) is 3.03. The molecule has 0 bridgehead atoms. The molecule has 1 aliphatic carbocycles. The van der Waals surface area contributed by atoms with Crippen LogP contribution in [0.25, 0.3) is 0 Å². The number of ketones is 2. The number of fused-ring (bicyclic) bond motifs is 2. The summed E-state index contributed by atoms with van der Waals surface area (Å²) in [6.07, 6.45) is 0.650. The van der Waals surface area contributed by atoms with Gasteiger partial charge in [-0.25, -0.2) is 0 Å². The molecule has 3 rings (SSSR count). The van der Waals surface area contributed by atoms with Crippen LogP contribution in [0.5, 0.6) is 11.5 Å². The number of hydrogen-bond acceptors (Lipinski definition) is 7. The first-order valence-electron chi connectivity index (χ1n) is 8.64. The van der Waals surface area contributed by atoms with E-state index in [1.807, 2.05) is 0 Å². The van der Waals surface area contributed by atoms with E-state index in [0.717, 1.165) is 0 Å². The summed E-state index contributed by atoms with van der Waals surface area (Å²) in [6.45, 7) is 1.97. The van der Waals surface area contributed by atoms with Gasteiger partial charge in [-0.1, -0.05) is 24.3 Å². The average Bonchev–Trinajstić information content (AvgIpc) is 2.67. The summed E-state index contributed by atoms with van der Waals surface area (Å²) in [6, 6.07) is 7.63. The second kappa shape index (κ2) is 8.20. The van der Waals surface area contributed by atoms with E-state index >= 15 is 0 Å². The van der Waals surface area contributed by atoms with Crippen LogP contribution in [0.3, 0.4) is 0 Å². The first-order valence-corrected chi connectivity index (χ1v) is 8.64. The van der Waals surface area contributed by atoms with Crippen molar-refractivity contribution in [1.29, 1.82) is 0 Å². The lowest BCUT2D eigenvalue weighted by atomic mass is 9.82. The van der Waals surface area contributed by atoms with E-state index in [1.165, 1.54) is 18.2 Å². The van der Waals surface area contributed by atoms with Crippen LogP contribution in [0.15, 0.2) is 30.3 Å². The molecular formula is C20H21NO6. The molecule has 0 fully saturated rings. The number of benzene rings is 2. The fourth-order valence-electron chi connectivity index (χ4n) is 3.03. The van der Waals surface area contributed by atoms with E-state index < -0.39 is 11.6 Å². The van der Waals surface area contributed by atoms with Gasteiger partial charge in [0.25, 0.3) is 0 Å². The lowest BCUT2D eigenvalue weighted by molar-refractivity contribution is 0.0705. The number of hydrogen-bond donors (Lipinski definition) is 3. The second-order valence-corrected chi connectivity index (χ2v) is 6.13. The van der Waals surface area contributed by atoms with Crippen LogP contribution in [0.1, 0.15) is 38.3 Å². The van der Waals surface area contributed by atoms with E-state index in [1.54, 1.807) is 19.2 Å². The van der Waals surface area contributed by atoms with Crippen molar-refractivity contribution in [1.82, 2.24) is 0 Å². The lowest BCUT2D eigenvalue weighted by Gasteiger charge is -2.21. The number of ether oxygens (including phenoxy) is 2. The third-order valence-electron chi connectivity index (χ3n) is 4.36. The maximum Gasteiger partial charge on any atom is 0.198 e. The zero-order valence-electron chi connectivity index (χ0n) is 14.9. The Labute approximate surface area is 156 Å². The Morgan fingerprint density at radius 3 is 2.30 bits per heavy atom. The third-order valence-corrected chi connectivity index (χ3v) is 4.36. The number of anilines is 1. The molecule has 1 aliphatic rings. The molecule has 0 spiro atoms. The van der Waals surface area contributed by atoms with Gasteiger partial charge in [0.1, 0.15) is 5.75 Å². The number of carbonyl (C=O) groups is 2. The van der Waals surface area contributed by atoms with Crippen molar-refractivity contribution in [3.05, 3.63) is 52.6 Å². The third kappa shape index (κ3) is 3.65. The Balaban J connectivity index is 1.79. The molecule has 7 nitrogen and oxygen atoms in total. The van der Waals surface area contributed by atoms with Crippen molar-refractivity contribution in [3.63, 3.8) is 0 Å².